The molecule has 1 aliphatic carbocycles. The molecule has 3 aromatic carbocycles. The summed E-state index contributed by atoms with van der Waals surface area (Å²) in [6.07, 6.45) is 7.53. The third-order valence-corrected chi connectivity index (χ3v) is 7.46. The van der Waals surface area contributed by atoms with Crippen LogP contribution in [0.2, 0.25) is 5.02 Å². The van der Waals surface area contributed by atoms with E-state index in [1.807, 2.05) is 0 Å². The maximum absolute atomic E-state index is 13.8. The van der Waals surface area contributed by atoms with Crippen molar-refractivity contribution in [3.8, 4) is 0 Å². The summed E-state index contributed by atoms with van der Waals surface area (Å²) >= 11 is 5.62. The molecule has 0 unspecified atom stereocenters. The molecule has 0 bridgehead atoms. The lowest BCUT2D eigenvalue weighted by Crippen LogP contribution is -2.14. The van der Waals surface area contributed by atoms with Gasteiger partial charge in [-0.3, -0.25) is 0 Å². The topological polar surface area (TPSA) is 0 Å². The average Bonchev–Trinajstić information content (AvgIpc) is 2.82. The molecule has 0 saturated heterocycles. The van der Waals surface area contributed by atoms with E-state index in [0.717, 1.165) is 44.1 Å². The lowest BCUT2D eigenvalue weighted by molar-refractivity contribution is 0.309. The van der Waals surface area contributed by atoms with Gasteiger partial charge in [0.1, 0.15) is 16.7 Å². The molecule has 0 nitrogen and oxygen atoms in total. The molecule has 168 valence electrons. The Balaban J connectivity index is 1.24. The number of rotatable bonds is 7. The molecule has 1 atom stereocenters. The van der Waals surface area contributed by atoms with Gasteiger partial charge in [0.2, 0.25) is 0 Å². The maximum Gasteiger partial charge on any atom is 0.145 e. The van der Waals surface area contributed by atoms with Gasteiger partial charge in [-0.05, 0) is 97.1 Å². The summed E-state index contributed by atoms with van der Waals surface area (Å²) in [5.74, 6) is 0.139. The Bertz CT molecular complexity index is 982. The highest BCUT2D eigenvalue weighted by Gasteiger charge is 2.24. The second-order valence-corrected chi connectivity index (χ2v) is 9.77. The first-order chi connectivity index (χ1) is 15.5. The van der Waals surface area contributed by atoms with E-state index in [4.69, 9.17) is 11.6 Å². The van der Waals surface area contributed by atoms with Gasteiger partial charge in [0.25, 0.3) is 0 Å². The minimum absolute atomic E-state index is 0.235. The van der Waals surface area contributed by atoms with E-state index in [9.17, 15) is 8.78 Å². The molecule has 0 heterocycles. The number of benzene rings is 3. The first kappa shape index (κ1) is 23.0. The van der Waals surface area contributed by atoms with E-state index in [-0.39, 0.29) is 5.92 Å². The number of hydrogen-bond acceptors (Lipinski definition) is 0. The van der Waals surface area contributed by atoms with E-state index >= 15 is 0 Å². The van der Waals surface area contributed by atoms with Gasteiger partial charge in [-0.1, -0.05) is 73.1 Å². The average molecular weight is 453 g/mol. The molecular formula is C29H31ClF2. The summed E-state index contributed by atoms with van der Waals surface area (Å²) < 4.78 is 27.6. The Kier molecular flexibility index (Phi) is 7.63. The van der Waals surface area contributed by atoms with Gasteiger partial charge < -0.3 is 0 Å². The largest absolute Gasteiger partial charge is 0.205 e. The predicted molar refractivity (Wildman–Crippen MR) is 129 cm³/mol. The van der Waals surface area contributed by atoms with E-state index in [1.54, 1.807) is 0 Å². The van der Waals surface area contributed by atoms with Crippen LogP contribution in [0.1, 0.15) is 73.1 Å². The lowest BCUT2D eigenvalue weighted by Gasteiger charge is -2.29. The fraction of sp³-hybridized carbons (Fsp3) is 0.379. The molecular weight excluding hydrogens is 422 g/mol. The number of halogens is 3. The lowest BCUT2D eigenvalue weighted by atomic mass is 9.77. The summed E-state index contributed by atoms with van der Waals surface area (Å²) in [4.78, 5) is 0. The molecule has 32 heavy (non-hydrogen) atoms. The second-order valence-electron chi connectivity index (χ2n) is 9.39. The van der Waals surface area contributed by atoms with Crippen LogP contribution in [0.4, 0.5) is 8.78 Å². The van der Waals surface area contributed by atoms with Crippen molar-refractivity contribution in [2.75, 3.05) is 0 Å². The van der Waals surface area contributed by atoms with Gasteiger partial charge in [0, 0.05) is 0 Å². The summed E-state index contributed by atoms with van der Waals surface area (Å²) in [6.45, 7) is 2.28. The Hall–Kier alpha value is -2.19. The zero-order chi connectivity index (χ0) is 22.5. The molecule has 3 heteroatoms. The van der Waals surface area contributed by atoms with Crippen molar-refractivity contribution < 1.29 is 8.78 Å². The van der Waals surface area contributed by atoms with Gasteiger partial charge in [0.05, 0.1) is 0 Å². The molecule has 0 spiro atoms. The summed E-state index contributed by atoms with van der Waals surface area (Å²) in [5, 5.41) is -0.400. The van der Waals surface area contributed by atoms with Crippen LogP contribution in [0.5, 0.6) is 0 Å². The van der Waals surface area contributed by atoms with Crippen LogP contribution in [0.15, 0.2) is 66.7 Å². The summed E-state index contributed by atoms with van der Waals surface area (Å²) in [5.41, 5.74) is 4.91. The minimum Gasteiger partial charge on any atom is -0.205 e. The Morgan fingerprint density at radius 1 is 0.844 bits per heavy atom. The predicted octanol–water partition coefficient (Wildman–Crippen LogP) is 8.87. The van der Waals surface area contributed by atoms with Crippen molar-refractivity contribution in [2.45, 2.75) is 63.7 Å². The van der Waals surface area contributed by atoms with Crippen LogP contribution in [0.25, 0.3) is 0 Å². The molecule has 0 aliphatic heterocycles. The molecule has 0 N–H and O–H groups in total. The van der Waals surface area contributed by atoms with Crippen molar-refractivity contribution in [3.05, 3.63) is 106 Å². The highest BCUT2D eigenvalue weighted by atomic mass is 35.5. The summed E-state index contributed by atoms with van der Waals surface area (Å²) in [7, 11) is 0. The Labute approximate surface area is 195 Å². The molecule has 0 radical (unpaired) electrons. The molecule has 4 rings (SSSR count). The van der Waals surface area contributed by atoms with Crippen LogP contribution in [0, 0.1) is 17.6 Å². The number of aryl methyl sites for hydroxylation is 1. The molecule has 1 fully saturated rings. The van der Waals surface area contributed by atoms with E-state index in [1.165, 1.54) is 35.2 Å². The van der Waals surface area contributed by atoms with Crippen molar-refractivity contribution in [1.29, 1.82) is 0 Å². The van der Waals surface area contributed by atoms with Gasteiger partial charge in [-0.25, -0.2) is 8.78 Å². The molecule has 3 aromatic rings. The van der Waals surface area contributed by atoms with Crippen LogP contribution >= 0.6 is 11.6 Å². The highest BCUT2D eigenvalue weighted by Crippen LogP contribution is 2.38. The van der Waals surface area contributed by atoms with Crippen LogP contribution < -0.4 is 0 Å². The number of hydrogen-bond donors (Lipinski definition) is 0. The van der Waals surface area contributed by atoms with Crippen molar-refractivity contribution in [2.24, 2.45) is 5.92 Å². The molecule has 1 aliphatic rings. The Morgan fingerprint density at radius 3 is 2.06 bits per heavy atom. The third-order valence-electron chi connectivity index (χ3n) is 7.10. The fourth-order valence-electron chi connectivity index (χ4n) is 5.06. The summed E-state index contributed by atoms with van der Waals surface area (Å²) in [6, 6.07) is 22.6. The van der Waals surface area contributed by atoms with Crippen LogP contribution in [0.3, 0.4) is 0 Å². The zero-order valence-corrected chi connectivity index (χ0v) is 19.4. The maximum atomic E-state index is 13.8. The van der Waals surface area contributed by atoms with Crippen LogP contribution in [-0.4, -0.2) is 0 Å². The monoisotopic (exact) mass is 452 g/mol. The van der Waals surface area contributed by atoms with E-state index in [2.05, 4.69) is 61.5 Å². The molecule has 1 saturated carbocycles. The van der Waals surface area contributed by atoms with Gasteiger partial charge in [0.15, 0.2) is 0 Å². The second kappa shape index (κ2) is 10.6. The quantitative estimate of drug-likeness (QED) is 0.314. The zero-order valence-electron chi connectivity index (χ0n) is 18.7. The fourth-order valence-corrected chi connectivity index (χ4v) is 5.17. The first-order valence-corrected chi connectivity index (χ1v) is 12.1. The van der Waals surface area contributed by atoms with Crippen molar-refractivity contribution >= 4 is 11.6 Å². The first-order valence-electron chi connectivity index (χ1n) is 11.8. The van der Waals surface area contributed by atoms with Gasteiger partial charge in [-0.15, -0.1) is 0 Å². The standard InChI is InChI=1S/C29H31ClF2/c1-20(24-5-3-2-4-6-24)17-23-11-9-21(10-12-23)7-8-22-13-15-25(16-14-22)26-18-27(31)29(30)28(32)19-26/h2-6,9-12,18-20,22,25H,7-8,13-17H2,1H3/t20-,22?,25?/m1/s1. The molecule has 0 amide bonds. The molecule has 0 aromatic heterocycles. The minimum atomic E-state index is -0.648. The third kappa shape index (κ3) is 5.78. The SMILES string of the molecule is C[C@H](Cc1ccc(CCC2CCC(c3cc(F)c(Cl)c(F)c3)CC2)cc1)c1ccccc1. The van der Waals surface area contributed by atoms with Gasteiger partial charge >= 0.3 is 0 Å². The Morgan fingerprint density at radius 2 is 1.44 bits per heavy atom. The van der Waals surface area contributed by atoms with Crippen molar-refractivity contribution in [3.63, 3.8) is 0 Å². The normalized spacial score (nSPS) is 19.6. The highest BCUT2D eigenvalue weighted by molar-refractivity contribution is 6.30. The van der Waals surface area contributed by atoms with Crippen LogP contribution in [-0.2, 0) is 12.8 Å². The van der Waals surface area contributed by atoms with Gasteiger partial charge in [-0.2, -0.15) is 0 Å². The van der Waals surface area contributed by atoms with E-state index < -0.39 is 16.7 Å². The van der Waals surface area contributed by atoms with E-state index in [0.29, 0.717) is 11.8 Å². The van der Waals surface area contributed by atoms with Crippen molar-refractivity contribution in [1.82, 2.24) is 0 Å². The smallest absolute Gasteiger partial charge is 0.145 e.